The normalized spacial score (nSPS) is 12.0. The summed E-state index contributed by atoms with van der Waals surface area (Å²) in [6, 6.07) is 8.33. The number of nitrogens with zero attached hydrogens (tertiary/aromatic N) is 3. The third kappa shape index (κ3) is 4.53. The second kappa shape index (κ2) is 8.86. The molecule has 3 aromatic rings. The third-order valence-corrected chi connectivity index (χ3v) is 5.16. The van der Waals surface area contributed by atoms with Gasteiger partial charge in [0.1, 0.15) is 11.5 Å². The SMILES string of the molecule is COC(=O)C[C@H](c1cnn(C)c1)c1c(O)cc(C)n(CCc2ccc(O)cc2)c1=O. The molecule has 2 heterocycles. The first kappa shape index (κ1) is 21.2. The highest BCUT2D eigenvalue weighted by Crippen LogP contribution is 2.32. The van der Waals surface area contributed by atoms with Crippen LogP contribution in [-0.2, 0) is 29.5 Å². The van der Waals surface area contributed by atoms with Gasteiger partial charge in [-0.3, -0.25) is 14.3 Å². The Morgan fingerprint density at radius 3 is 2.53 bits per heavy atom. The van der Waals surface area contributed by atoms with Crippen molar-refractivity contribution in [2.24, 2.45) is 7.05 Å². The minimum Gasteiger partial charge on any atom is -0.508 e. The largest absolute Gasteiger partial charge is 0.508 e. The lowest BCUT2D eigenvalue weighted by Crippen LogP contribution is -2.29. The van der Waals surface area contributed by atoms with Crippen molar-refractivity contribution in [3.05, 3.63) is 75.5 Å². The smallest absolute Gasteiger partial charge is 0.306 e. The van der Waals surface area contributed by atoms with Crippen LogP contribution in [0.3, 0.4) is 0 Å². The van der Waals surface area contributed by atoms with Crippen LogP contribution in [-0.4, -0.2) is 37.6 Å². The van der Waals surface area contributed by atoms with Crippen LogP contribution in [0.5, 0.6) is 11.5 Å². The van der Waals surface area contributed by atoms with Crippen LogP contribution < -0.4 is 5.56 Å². The molecule has 2 N–H and O–H groups in total. The van der Waals surface area contributed by atoms with Gasteiger partial charge in [-0.15, -0.1) is 0 Å². The molecule has 30 heavy (non-hydrogen) atoms. The van der Waals surface area contributed by atoms with E-state index in [2.05, 4.69) is 5.10 Å². The van der Waals surface area contributed by atoms with E-state index >= 15 is 0 Å². The lowest BCUT2D eigenvalue weighted by Gasteiger charge is -2.19. The molecule has 0 aliphatic rings. The van der Waals surface area contributed by atoms with E-state index in [0.717, 1.165) is 5.56 Å². The number of methoxy groups -OCH3 is 1. The van der Waals surface area contributed by atoms with Gasteiger partial charge in [0.2, 0.25) is 0 Å². The molecule has 0 aliphatic carbocycles. The molecule has 3 rings (SSSR count). The molecule has 8 heteroatoms. The van der Waals surface area contributed by atoms with Gasteiger partial charge in [-0.2, -0.15) is 5.10 Å². The Bertz CT molecular complexity index is 1100. The van der Waals surface area contributed by atoms with Gasteiger partial charge in [0.25, 0.3) is 5.56 Å². The maximum atomic E-state index is 13.4. The highest BCUT2D eigenvalue weighted by Gasteiger charge is 2.27. The average molecular weight is 411 g/mol. The number of rotatable bonds is 7. The number of ether oxygens (including phenoxy) is 1. The molecule has 0 saturated heterocycles. The molecular weight excluding hydrogens is 386 g/mol. The fourth-order valence-corrected chi connectivity index (χ4v) is 3.53. The van der Waals surface area contributed by atoms with Gasteiger partial charge in [0.05, 0.1) is 25.3 Å². The lowest BCUT2D eigenvalue weighted by molar-refractivity contribution is -0.140. The first-order valence-electron chi connectivity index (χ1n) is 9.56. The summed E-state index contributed by atoms with van der Waals surface area (Å²) in [7, 11) is 3.03. The van der Waals surface area contributed by atoms with E-state index in [1.165, 1.54) is 13.2 Å². The highest BCUT2D eigenvalue weighted by molar-refractivity contribution is 5.71. The van der Waals surface area contributed by atoms with E-state index in [-0.39, 0.29) is 29.0 Å². The van der Waals surface area contributed by atoms with Crippen LogP contribution in [0.4, 0.5) is 0 Å². The van der Waals surface area contributed by atoms with Gasteiger partial charge in [-0.1, -0.05) is 12.1 Å². The molecule has 0 radical (unpaired) electrons. The van der Waals surface area contributed by atoms with E-state index < -0.39 is 11.9 Å². The lowest BCUT2D eigenvalue weighted by atomic mass is 9.90. The summed E-state index contributed by atoms with van der Waals surface area (Å²) >= 11 is 0. The number of hydrogen-bond donors (Lipinski definition) is 2. The zero-order valence-electron chi connectivity index (χ0n) is 17.2. The Morgan fingerprint density at radius 1 is 1.23 bits per heavy atom. The number of phenols is 1. The maximum absolute atomic E-state index is 13.4. The summed E-state index contributed by atoms with van der Waals surface area (Å²) in [4.78, 5) is 25.4. The quantitative estimate of drug-likeness (QED) is 0.578. The van der Waals surface area contributed by atoms with Crippen molar-refractivity contribution in [3.8, 4) is 11.5 Å². The summed E-state index contributed by atoms with van der Waals surface area (Å²) in [5.74, 6) is -1.14. The number of hydrogen-bond acceptors (Lipinski definition) is 6. The summed E-state index contributed by atoms with van der Waals surface area (Å²) in [5.41, 5.74) is 2.01. The topological polar surface area (TPSA) is 107 Å². The Hall–Kier alpha value is -3.55. The standard InChI is InChI=1S/C22H25N3O5/c1-14-10-19(27)21(18(11-20(28)30-3)16-12-23-24(2)13-16)22(29)25(14)9-8-15-4-6-17(26)7-5-15/h4-7,10,12-13,18,26-27H,8-9,11H2,1-3H3/t18-/m1/s1. The van der Waals surface area contributed by atoms with Gasteiger partial charge >= 0.3 is 5.97 Å². The van der Waals surface area contributed by atoms with E-state index in [4.69, 9.17) is 4.74 Å². The molecule has 158 valence electrons. The first-order valence-corrected chi connectivity index (χ1v) is 9.56. The number of carbonyl (C=O) groups is 1. The number of aryl methyl sites for hydroxylation is 3. The number of benzene rings is 1. The third-order valence-electron chi connectivity index (χ3n) is 5.16. The minimum absolute atomic E-state index is 0.0913. The highest BCUT2D eigenvalue weighted by atomic mass is 16.5. The van der Waals surface area contributed by atoms with E-state index in [1.54, 1.807) is 59.9 Å². The molecule has 1 aromatic carbocycles. The van der Waals surface area contributed by atoms with Crippen molar-refractivity contribution in [2.75, 3.05) is 7.11 Å². The van der Waals surface area contributed by atoms with Gasteiger partial charge in [-0.05, 0) is 42.7 Å². The number of aromatic hydroxyl groups is 2. The molecule has 0 saturated carbocycles. The fraction of sp³-hybridized carbons (Fsp3) is 0.318. The number of pyridine rings is 1. The molecule has 8 nitrogen and oxygen atoms in total. The van der Waals surface area contributed by atoms with Crippen LogP contribution in [0.1, 0.15) is 34.7 Å². The molecular formula is C22H25N3O5. The van der Waals surface area contributed by atoms with E-state index in [1.807, 2.05) is 0 Å². The maximum Gasteiger partial charge on any atom is 0.306 e. The first-order chi connectivity index (χ1) is 14.3. The molecule has 0 amide bonds. The van der Waals surface area contributed by atoms with Crippen LogP contribution in [0.25, 0.3) is 0 Å². The molecule has 0 fully saturated rings. The van der Waals surface area contributed by atoms with Crippen molar-refractivity contribution in [1.29, 1.82) is 0 Å². The summed E-state index contributed by atoms with van der Waals surface area (Å²) in [6.07, 6.45) is 3.77. The molecule has 0 aliphatic heterocycles. The Morgan fingerprint density at radius 2 is 1.93 bits per heavy atom. The number of carbonyl (C=O) groups excluding carboxylic acids is 1. The van der Waals surface area contributed by atoms with Crippen molar-refractivity contribution in [2.45, 2.75) is 32.2 Å². The van der Waals surface area contributed by atoms with Crippen LogP contribution in [0.15, 0.2) is 47.5 Å². The Kier molecular flexibility index (Phi) is 6.25. The molecule has 1 atom stereocenters. The number of esters is 1. The van der Waals surface area contributed by atoms with Gasteiger partial charge < -0.3 is 19.5 Å². The van der Waals surface area contributed by atoms with Crippen LogP contribution in [0, 0.1) is 6.92 Å². The zero-order valence-corrected chi connectivity index (χ0v) is 17.2. The monoisotopic (exact) mass is 411 g/mol. The second-order valence-corrected chi connectivity index (χ2v) is 7.24. The molecule has 0 spiro atoms. The van der Waals surface area contributed by atoms with Gasteiger partial charge in [0, 0.05) is 31.4 Å². The number of aromatic nitrogens is 3. The van der Waals surface area contributed by atoms with E-state index in [0.29, 0.717) is 24.2 Å². The summed E-state index contributed by atoms with van der Waals surface area (Å²) in [6.45, 7) is 2.14. The summed E-state index contributed by atoms with van der Waals surface area (Å²) < 4.78 is 7.97. The predicted octanol–water partition coefficient (Wildman–Crippen LogP) is 2.24. The van der Waals surface area contributed by atoms with Crippen molar-refractivity contribution < 1.29 is 19.7 Å². The molecule has 2 aromatic heterocycles. The predicted molar refractivity (Wildman–Crippen MR) is 111 cm³/mol. The minimum atomic E-state index is -0.681. The zero-order chi connectivity index (χ0) is 21.8. The Labute approximate surface area is 174 Å². The van der Waals surface area contributed by atoms with Crippen LogP contribution >= 0.6 is 0 Å². The summed E-state index contributed by atoms with van der Waals surface area (Å²) in [5, 5.41) is 24.2. The van der Waals surface area contributed by atoms with Crippen molar-refractivity contribution in [1.82, 2.24) is 14.3 Å². The van der Waals surface area contributed by atoms with Gasteiger partial charge in [-0.25, -0.2) is 0 Å². The van der Waals surface area contributed by atoms with Gasteiger partial charge in [0.15, 0.2) is 0 Å². The van der Waals surface area contributed by atoms with Crippen molar-refractivity contribution >= 4 is 5.97 Å². The Balaban J connectivity index is 2.01. The molecule has 0 unspecified atom stereocenters. The number of phenolic OH excluding ortho intramolecular Hbond substituents is 1. The van der Waals surface area contributed by atoms with E-state index in [9.17, 15) is 19.8 Å². The second-order valence-electron chi connectivity index (χ2n) is 7.24. The van der Waals surface area contributed by atoms with Crippen LogP contribution in [0.2, 0.25) is 0 Å². The molecule has 0 bridgehead atoms. The average Bonchev–Trinajstić information content (AvgIpc) is 3.14. The fourth-order valence-electron chi connectivity index (χ4n) is 3.53. The van der Waals surface area contributed by atoms with Crippen molar-refractivity contribution in [3.63, 3.8) is 0 Å².